The van der Waals surface area contributed by atoms with Gasteiger partial charge in [-0.3, -0.25) is 19.9 Å². The lowest BCUT2D eigenvalue weighted by Gasteiger charge is -2.28. The highest BCUT2D eigenvalue weighted by Gasteiger charge is 2.40. The molecule has 1 saturated heterocycles. The molecule has 128 valence electrons. The second-order valence-corrected chi connectivity index (χ2v) is 6.27. The fourth-order valence-corrected chi connectivity index (χ4v) is 2.60. The highest BCUT2D eigenvalue weighted by Crippen LogP contribution is 2.23. The molecule has 1 atom stereocenters. The molecule has 26 heavy (non-hydrogen) atoms. The third-order valence-corrected chi connectivity index (χ3v) is 4.18. The fourth-order valence-electron chi connectivity index (χ4n) is 2.34. The SMILES string of the molecule is N#Cc1ccc(N=C[C@@H]2C(=O)NC(=O)N(c3ccc(Br)cc3)C2=O)cc1. The second kappa shape index (κ2) is 7.29. The number of nitriles is 1. The van der Waals surface area contributed by atoms with Crippen molar-refractivity contribution in [1.82, 2.24) is 5.32 Å². The van der Waals surface area contributed by atoms with Gasteiger partial charge < -0.3 is 0 Å². The van der Waals surface area contributed by atoms with Crippen LogP contribution in [0.25, 0.3) is 0 Å². The molecule has 2 aromatic rings. The lowest BCUT2D eigenvalue weighted by atomic mass is 10.1. The largest absolute Gasteiger partial charge is 0.335 e. The van der Waals surface area contributed by atoms with E-state index in [9.17, 15) is 14.4 Å². The van der Waals surface area contributed by atoms with Gasteiger partial charge in [0.15, 0.2) is 5.92 Å². The first kappa shape index (κ1) is 17.5. The van der Waals surface area contributed by atoms with Gasteiger partial charge in [0.2, 0.25) is 5.91 Å². The van der Waals surface area contributed by atoms with Crippen molar-refractivity contribution in [3.05, 3.63) is 58.6 Å². The summed E-state index contributed by atoms with van der Waals surface area (Å²) in [4.78, 5) is 41.8. The van der Waals surface area contributed by atoms with Crippen LogP contribution < -0.4 is 10.2 Å². The van der Waals surface area contributed by atoms with Gasteiger partial charge in [-0.05, 0) is 48.5 Å². The van der Waals surface area contributed by atoms with Crippen LogP contribution in [0.4, 0.5) is 16.2 Å². The molecule has 0 saturated carbocycles. The zero-order valence-electron chi connectivity index (χ0n) is 13.2. The molecule has 8 heteroatoms. The molecular weight excluding hydrogens is 400 g/mol. The summed E-state index contributed by atoms with van der Waals surface area (Å²) < 4.78 is 0.793. The van der Waals surface area contributed by atoms with Crippen molar-refractivity contribution in [2.24, 2.45) is 10.9 Å². The summed E-state index contributed by atoms with van der Waals surface area (Å²) in [7, 11) is 0. The van der Waals surface area contributed by atoms with Crippen LogP contribution in [0.2, 0.25) is 0 Å². The van der Waals surface area contributed by atoms with Crippen molar-refractivity contribution in [2.45, 2.75) is 0 Å². The average Bonchev–Trinajstić information content (AvgIpc) is 2.63. The zero-order chi connectivity index (χ0) is 18.7. The maximum absolute atomic E-state index is 12.7. The Morgan fingerprint density at radius 1 is 1.08 bits per heavy atom. The van der Waals surface area contributed by atoms with Gasteiger partial charge in [0.1, 0.15) is 0 Å². The first-order valence-corrected chi connectivity index (χ1v) is 8.27. The summed E-state index contributed by atoms with van der Waals surface area (Å²) in [5.41, 5.74) is 1.30. The van der Waals surface area contributed by atoms with Crippen LogP contribution in [-0.2, 0) is 9.59 Å². The highest BCUT2D eigenvalue weighted by molar-refractivity contribution is 9.10. The van der Waals surface area contributed by atoms with Gasteiger partial charge >= 0.3 is 6.03 Å². The topological polar surface area (TPSA) is 103 Å². The predicted molar refractivity (Wildman–Crippen MR) is 98.0 cm³/mol. The molecule has 0 unspecified atom stereocenters. The van der Waals surface area contributed by atoms with Gasteiger partial charge in [-0.15, -0.1) is 0 Å². The molecule has 0 aliphatic carbocycles. The predicted octanol–water partition coefficient (Wildman–Crippen LogP) is 2.92. The number of carbonyl (C=O) groups is 3. The summed E-state index contributed by atoms with van der Waals surface area (Å²) in [5.74, 6) is -2.64. The summed E-state index contributed by atoms with van der Waals surface area (Å²) in [6.45, 7) is 0. The van der Waals surface area contributed by atoms with E-state index in [2.05, 4.69) is 26.2 Å². The van der Waals surface area contributed by atoms with Crippen LogP contribution in [-0.4, -0.2) is 24.1 Å². The van der Waals surface area contributed by atoms with Crippen molar-refractivity contribution >= 4 is 51.4 Å². The van der Waals surface area contributed by atoms with E-state index in [1.54, 1.807) is 48.5 Å². The molecule has 2 aromatic carbocycles. The first-order chi connectivity index (χ1) is 12.5. The Morgan fingerprint density at radius 3 is 2.35 bits per heavy atom. The van der Waals surface area contributed by atoms with Crippen molar-refractivity contribution in [3.63, 3.8) is 0 Å². The minimum atomic E-state index is -1.23. The molecule has 3 rings (SSSR count). The molecule has 7 nitrogen and oxygen atoms in total. The van der Waals surface area contributed by atoms with E-state index in [0.29, 0.717) is 16.9 Å². The number of hydrogen-bond acceptors (Lipinski definition) is 5. The minimum Gasteiger partial charge on any atom is -0.276 e. The van der Waals surface area contributed by atoms with Crippen molar-refractivity contribution < 1.29 is 14.4 Å². The maximum Gasteiger partial charge on any atom is 0.335 e. The molecule has 1 fully saturated rings. The summed E-state index contributed by atoms with van der Waals surface area (Å²) in [6.07, 6.45) is 1.19. The Hall–Kier alpha value is -3.31. The fraction of sp³-hybridized carbons (Fsp3) is 0.0556. The quantitative estimate of drug-likeness (QED) is 0.620. The second-order valence-electron chi connectivity index (χ2n) is 5.36. The number of imide groups is 2. The molecular formula is C18H11BrN4O3. The number of nitrogens with one attached hydrogen (secondary N) is 1. The molecule has 0 bridgehead atoms. The number of rotatable bonds is 3. The molecule has 0 radical (unpaired) electrons. The Morgan fingerprint density at radius 2 is 1.73 bits per heavy atom. The molecule has 1 aliphatic rings. The van der Waals surface area contributed by atoms with Gasteiger partial charge in [0.25, 0.3) is 5.91 Å². The van der Waals surface area contributed by atoms with Gasteiger partial charge in [-0.25, -0.2) is 9.69 Å². The van der Waals surface area contributed by atoms with Crippen LogP contribution in [0.5, 0.6) is 0 Å². The number of halogens is 1. The Bertz CT molecular complexity index is 946. The van der Waals surface area contributed by atoms with E-state index in [4.69, 9.17) is 5.26 Å². The number of aliphatic imine (C=N–C) groups is 1. The van der Waals surface area contributed by atoms with Crippen LogP contribution in [0.3, 0.4) is 0 Å². The van der Waals surface area contributed by atoms with E-state index < -0.39 is 23.8 Å². The molecule has 1 N–H and O–H groups in total. The Kier molecular flexibility index (Phi) is 4.91. The number of anilines is 1. The molecule has 4 amide bonds. The van der Waals surface area contributed by atoms with Crippen LogP contribution >= 0.6 is 15.9 Å². The number of urea groups is 1. The monoisotopic (exact) mass is 410 g/mol. The number of nitrogens with zero attached hydrogens (tertiary/aromatic N) is 3. The van der Waals surface area contributed by atoms with E-state index in [1.807, 2.05) is 6.07 Å². The third-order valence-electron chi connectivity index (χ3n) is 3.66. The normalized spacial score (nSPS) is 17.3. The molecule has 0 spiro atoms. The number of carbonyl (C=O) groups excluding carboxylic acids is 3. The third kappa shape index (κ3) is 3.53. The number of hydrogen-bond donors (Lipinski definition) is 1. The van der Waals surface area contributed by atoms with E-state index in [1.165, 1.54) is 6.21 Å². The number of amides is 4. The number of barbiturate groups is 1. The Labute approximate surface area is 157 Å². The van der Waals surface area contributed by atoms with Crippen LogP contribution in [0.1, 0.15) is 5.56 Å². The van der Waals surface area contributed by atoms with Crippen molar-refractivity contribution in [2.75, 3.05) is 4.90 Å². The van der Waals surface area contributed by atoms with E-state index in [0.717, 1.165) is 9.37 Å². The van der Waals surface area contributed by atoms with E-state index >= 15 is 0 Å². The highest BCUT2D eigenvalue weighted by atomic mass is 79.9. The van der Waals surface area contributed by atoms with Crippen LogP contribution in [0.15, 0.2) is 58.0 Å². The van der Waals surface area contributed by atoms with Gasteiger partial charge in [0, 0.05) is 10.7 Å². The maximum atomic E-state index is 12.7. The molecule has 1 aliphatic heterocycles. The molecule has 0 aromatic heterocycles. The summed E-state index contributed by atoms with van der Waals surface area (Å²) >= 11 is 3.28. The van der Waals surface area contributed by atoms with Crippen molar-refractivity contribution in [1.29, 1.82) is 5.26 Å². The first-order valence-electron chi connectivity index (χ1n) is 7.48. The van der Waals surface area contributed by atoms with Crippen LogP contribution in [0, 0.1) is 17.2 Å². The zero-order valence-corrected chi connectivity index (χ0v) is 14.8. The smallest absolute Gasteiger partial charge is 0.276 e. The standard InChI is InChI=1S/C18H11BrN4O3/c19-12-3-7-14(8-4-12)23-17(25)15(16(24)22-18(23)26)10-21-13-5-1-11(9-20)2-6-13/h1-8,10,15H,(H,22,24,26)/t15-/m1/s1. The van der Waals surface area contributed by atoms with Gasteiger partial charge in [-0.1, -0.05) is 15.9 Å². The average molecular weight is 411 g/mol. The lowest BCUT2D eigenvalue weighted by molar-refractivity contribution is -0.131. The van der Waals surface area contributed by atoms with Gasteiger partial charge in [0.05, 0.1) is 23.0 Å². The summed E-state index contributed by atoms with van der Waals surface area (Å²) in [6, 6.07) is 14.1. The van der Waals surface area contributed by atoms with Gasteiger partial charge in [-0.2, -0.15) is 5.26 Å². The summed E-state index contributed by atoms with van der Waals surface area (Å²) in [5, 5.41) is 10.9. The Balaban J connectivity index is 1.86. The number of benzene rings is 2. The van der Waals surface area contributed by atoms with Crippen molar-refractivity contribution in [3.8, 4) is 6.07 Å². The lowest BCUT2D eigenvalue weighted by Crippen LogP contribution is -2.58. The molecule has 1 heterocycles. The minimum absolute atomic E-state index is 0.347. The van der Waals surface area contributed by atoms with E-state index in [-0.39, 0.29) is 0 Å².